The Bertz CT molecular complexity index is 754. The van der Waals surface area contributed by atoms with Gasteiger partial charge in [0.15, 0.2) is 0 Å². The van der Waals surface area contributed by atoms with Gasteiger partial charge in [0, 0.05) is 37.5 Å². The van der Waals surface area contributed by atoms with Crippen molar-refractivity contribution in [1.29, 1.82) is 0 Å². The number of aliphatic hydroxyl groups excluding tert-OH is 2. The second-order valence-electron chi connectivity index (χ2n) is 9.03. The Labute approximate surface area is 214 Å². The molecule has 2 atom stereocenters. The van der Waals surface area contributed by atoms with Gasteiger partial charge in [-0.1, -0.05) is 20.1 Å². The number of ether oxygens (including phenoxy) is 2. The van der Waals surface area contributed by atoms with Gasteiger partial charge < -0.3 is 29.5 Å². The van der Waals surface area contributed by atoms with Gasteiger partial charge in [-0.2, -0.15) is 0 Å². The first-order valence-corrected chi connectivity index (χ1v) is 12.4. The van der Waals surface area contributed by atoms with Crippen molar-refractivity contribution in [3.05, 3.63) is 24.9 Å². The molecule has 10 heteroatoms. The van der Waals surface area contributed by atoms with E-state index < -0.39 is 11.4 Å². The zero-order valence-corrected chi connectivity index (χ0v) is 22.3. The quantitative estimate of drug-likeness (QED) is 0.318. The summed E-state index contributed by atoms with van der Waals surface area (Å²) in [5, 5.41) is 16.9. The molecule has 2 saturated heterocycles. The minimum atomic E-state index is -0.600. The highest BCUT2D eigenvalue weighted by molar-refractivity contribution is 5.86. The molecule has 0 saturated carbocycles. The van der Waals surface area contributed by atoms with E-state index in [9.17, 15) is 19.2 Å². The summed E-state index contributed by atoms with van der Waals surface area (Å²) >= 11 is 0. The van der Waals surface area contributed by atoms with Crippen molar-refractivity contribution < 1.29 is 38.9 Å². The molecule has 0 aromatic heterocycles. The third-order valence-electron chi connectivity index (χ3n) is 5.99. The van der Waals surface area contributed by atoms with Gasteiger partial charge >= 0.3 is 11.9 Å². The molecular formula is C26H44N2O8. The molecular weight excluding hydrogens is 468 g/mol. The van der Waals surface area contributed by atoms with Crippen molar-refractivity contribution in [1.82, 2.24) is 9.80 Å². The molecule has 0 radical (unpaired) electrons. The molecule has 2 rings (SSSR count). The molecule has 2 N–H and O–H groups in total. The van der Waals surface area contributed by atoms with E-state index in [4.69, 9.17) is 14.9 Å². The molecule has 0 aromatic carbocycles. The molecule has 0 aromatic rings. The standard InChI is InChI=1S/C14H25NO4.C6H9NO.C6H10O3/c1-4-14(3,13(18)19-9-8-16)10-11(2)15-7-5-6-12(15)17;1-2-7-5-3-4-6(7)8;1-5(2)6(8)9-4-3-7/h11,16H,4-10H2,1-3H3;2H,1,3-5H2;7H,1,3-4H2,2H3. The van der Waals surface area contributed by atoms with Gasteiger partial charge in [-0.15, -0.1) is 0 Å². The molecule has 2 aliphatic heterocycles. The van der Waals surface area contributed by atoms with Gasteiger partial charge in [-0.3, -0.25) is 14.4 Å². The van der Waals surface area contributed by atoms with Crippen molar-refractivity contribution in [3.63, 3.8) is 0 Å². The first kappa shape index (κ1) is 33.3. The third kappa shape index (κ3) is 11.8. The molecule has 2 fully saturated rings. The fraction of sp³-hybridized carbons (Fsp3) is 0.692. The lowest BCUT2D eigenvalue weighted by Gasteiger charge is -2.33. The normalized spacial score (nSPS) is 17.2. The number of rotatable bonds is 11. The topological polar surface area (TPSA) is 134 Å². The van der Waals surface area contributed by atoms with Crippen LogP contribution in [-0.2, 0) is 28.7 Å². The van der Waals surface area contributed by atoms with Crippen LogP contribution in [-0.4, -0.2) is 89.3 Å². The van der Waals surface area contributed by atoms with Gasteiger partial charge in [0.05, 0.1) is 18.6 Å². The van der Waals surface area contributed by atoms with E-state index in [2.05, 4.69) is 17.9 Å². The molecule has 0 spiro atoms. The average Bonchev–Trinajstić information content (AvgIpc) is 3.48. The van der Waals surface area contributed by atoms with Gasteiger partial charge in [-0.25, -0.2) is 4.79 Å². The van der Waals surface area contributed by atoms with Crippen LogP contribution in [0.15, 0.2) is 24.9 Å². The lowest BCUT2D eigenvalue weighted by molar-refractivity contribution is -0.158. The van der Waals surface area contributed by atoms with Gasteiger partial charge in [0.1, 0.15) is 13.2 Å². The molecule has 10 nitrogen and oxygen atoms in total. The van der Waals surface area contributed by atoms with Crippen LogP contribution in [0, 0.1) is 5.41 Å². The van der Waals surface area contributed by atoms with Crippen molar-refractivity contribution in [2.75, 3.05) is 39.5 Å². The lowest BCUT2D eigenvalue weighted by atomic mass is 9.81. The number of esters is 2. The van der Waals surface area contributed by atoms with E-state index in [1.54, 1.807) is 18.0 Å². The lowest BCUT2D eigenvalue weighted by Crippen LogP contribution is -2.41. The zero-order chi connectivity index (χ0) is 27.7. The second-order valence-corrected chi connectivity index (χ2v) is 9.03. The minimum Gasteiger partial charge on any atom is -0.463 e. The summed E-state index contributed by atoms with van der Waals surface area (Å²) in [5.41, 5.74) is -0.249. The fourth-order valence-electron chi connectivity index (χ4n) is 3.71. The number of nitrogens with zero attached hydrogens (tertiary/aromatic N) is 2. The van der Waals surface area contributed by atoms with Crippen molar-refractivity contribution in [2.24, 2.45) is 5.41 Å². The largest absolute Gasteiger partial charge is 0.463 e. The van der Waals surface area contributed by atoms with E-state index in [0.717, 1.165) is 25.9 Å². The first-order chi connectivity index (χ1) is 17.0. The molecule has 36 heavy (non-hydrogen) atoms. The summed E-state index contributed by atoms with van der Waals surface area (Å²) in [6.45, 7) is 15.6. The highest BCUT2D eigenvalue weighted by atomic mass is 16.5. The Balaban J connectivity index is 0.000000595. The molecule has 2 amide bonds. The van der Waals surface area contributed by atoms with Crippen LogP contribution >= 0.6 is 0 Å². The van der Waals surface area contributed by atoms with Crippen LogP contribution in [0.2, 0.25) is 0 Å². The number of carbonyl (C=O) groups is 4. The summed E-state index contributed by atoms with van der Waals surface area (Å²) in [6.07, 6.45) is 6.05. The summed E-state index contributed by atoms with van der Waals surface area (Å²) in [7, 11) is 0. The molecule has 2 heterocycles. The minimum absolute atomic E-state index is 0.0332. The summed E-state index contributed by atoms with van der Waals surface area (Å²) in [5.74, 6) is -0.360. The van der Waals surface area contributed by atoms with Crippen LogP contribution < -0.4 is 0 Å². The first-order valence-electron chi connectivity index (χ1n) is 12.4. The van der Waals surface area contributed by atoms with E-state index in [0.29, 0.717) is 31.3 Å². The number of hydrogen-bond acceptors (Lipinski definition) is 8. The molecule has 0 bridgehead atoms. The maximum Gasteiger partial charge on any atom is 0.333 e. The SMILES string of the molecule is C=C(C)C(=O)OCCO.C=CN1CCCC1=O.CCC(C)(CC(C)N1CCCC1=O)C(=O)OCCO. The zero-order valence-electron chi connectivity index (χ0n) is 22.3. The maximum absolute atomic E-state index is 12.1. The van der Waals surface area contributed by atoms with Gasteiger partial charge in [0.2, 0.25) is 11.8 Å². The van der Waals surface area contributed by atoms with Crippen LogP contribution in [0.1, 0.15) is 66.2 Å². The number of aliphatic hydroxyl groups is 2. The molecule has 2 unspecified atom stereocenters. The fourth-order valence-corrected chi connectivity index (χ4v) is 3.71. The third-order valence-corrected chi connectivity index (χ3v) is 5.99. The van der Waals surface area contributed by atoms with E-state index in [-0.39, 0.29) is 50.3 Å². The molecule has 2 aliphatic rings. The van der Waals surface area contributed by atoms with E-state index in [1.165, 1.54) is 0 Å². The van der Waals surface area contributed by atoms with Crippen LogP contribution in [0.5, 0.6) is 0 Å². The summed E-state index contributed by atoms with van der Waals surface area (Å²) < 4.78 is 9.51. The Morgan fingerprint density at radius 1 is 1.08 bits per heavy atom. The Morgan fingerprint density at radius 2 is 1.64 bits per heavy atom. The van der Waals surface area contributed by atoms with E-state index >= 15 is 0 Å². The number of hydrogen-bond donors (Lipinski definition) is 2. The van der Waals surface area contributed by atoms with Crippen LogP contribution in [0.3, 0.4) is 0 Å². The maximum atomic E-state index is 12.1. The summed E-state index contributed by atoms with van der Waals surface area (Å²) in [4.78, 5) is 48.4. The predicted molar refractivity (Wildman–Crippen MR) is 135 cm³/mol. The van der Waals surface area contributed by atoms with Gasteiger partial charge in [-0.05, 0) is 52.7 Å². The predicted octanol–water partition coefficient (Wildman–Crippen LogP) is 2.19. The van der Waals surface area contributed by atoms with Crippen molar-refractivity contribution in [3.8, 4) is 0 Å². The molecule has 0 aliphatic carbocycles. The Hall–Kier alpha value is -2.72. The molecule has 206 valence electrons. The number of carbonyl (C=O) groups excluding carboxylic acids is 4. The van der Waals surface area contributed by atoms with Crippen LogP contribution in [0.25, 0.3) is 0 Å². The monoisotopic (exact) mass is 512 g/mol. The average molecular weight is 513 g/mol. The highest BCUT2D eigenvalue weighted by Crippen LogP contribution is 2.32. The van der Waals surface area contributed by atoms with Gasteiger partial charge in [0.25, 0.3) is 0 Å². The van der Waals surface area contributed by atoms with Crippen molar-refractivity contribution >= 4 is 23.8 Å². The Kier molecular flexibility index (Phi) is 16.3. The Morgan fingerprint density at radius 3 is 2.03 bits per heavy atom. The van der Waals surface area contributed by atoms with Crippen LogP contribution in [0.4, 0.5) is 0 Å². The number of amides is 2. The van der Waals surface area contributed by atoms with Crippen molar-refractivity contribution in [2.45, 2.75) is 72.3 Å². The number of likely N-dealkylation sites (tertiary alicyclic amines) is 2. The van der Waals surface area contributed by atoms with E-state index in [1.807, 2.05) is 25.7 Å². The highest BCUT2D eigenvalue weighted by Gasteiger charge is 2.37. The smallest absolute Gasteiger partial charge is 0.333 e. The second kappa shape index (κ2) is 17.7. The summed E-state index contributed by atoms with van der Waals surface area (Å²) in [6, 6.07) is 0.0432.